The number of ether oxygens (including phenoxy) is 1. The van der Waals surface area contributed by atoms with E-state index < -0.39 is 0 Å². The molecule has 3 nitrogen and oxygen atoms in total. The van der Waals surface area contributed by atoms with Gasteiger partial charge in [-0.3, -0.25) is 11.3 Å². The maximum Gasteiger partial charge on any atom is 0.123 e. The van der Waals surface area contributed by atoms with Gasteiger partial charge in [-0.25, -0.2) is 4.39 Å². The maximum absolute atomic E-state index is 13.1. The molecule has 1 aliphatic heterocycles. The van der Waals surface area contributed by atoms with E-state index >= 15 is 0 Å². The van der Waals surface area contributed by atoms with Crippen molar-refractivity contribution < 1.29 is 9.13 Å². The van der Waals surface area contributed by atoms with E-state index in [-0.39, 0.29) is 18.0 Å². The van der Waals surface area contributed by atoms with Gasteiger partial charge in [-0.15, -0.1) is 0 Å². The third-order valence-corrected chi connectivity index (χ3v) is 4.27. The van der Waals surface area contributed by atoms with Gasteiger partial charge < -0.3 is 4.74 Å². The highest BCUT2D eigenvalue weighted by Gasteiger charge is 2.24. The van der Waals surface area contributed by atoms with Gasteiger partial charge >= 0.3 is 0 Å². The molecule has 3 N–H and O–H groups in total. The zero-order valence-corrected chi connectivity index (χ0v) is 11.3. The molecule has 100 valence electrons. The van der Waals surface area contributed by atoms with Gasteiger partial charge in [0.1, 0.15) is 5.82 Å². The van der Waals surface area contributed by atoms with Gasteiger partial charge in [0.25, 0.3) is 0 Å². The van der Waals surface area contributed by atoms with Crippen molar-refractivity contribution in [1.29, 1.82) is 0 Å². The smallest absolute Gasteiger partial charge is 0.123 e. The molecule has 0 spiro atoms. The summed E-state index contributed by atoms with van der Waals surface area (Å²) >= 11 is 1.88. The number of thioether (sulfide) groups is 1. The van der Waals surface area contributed by atoms with Crippen LogP contribution < -0.4 is 11.3 Å². The van der Waals surface area contributed by atoms with Gasteiger partial charge in [0, 0.05) is 11.5 Å². The molecule has 0 saturated carbocycles. The summed E-state index contributed by atoms with van der Waals surface area (Å²) in [5.41, 5.74) is 4.90. The normalized spacial score (nSPS) is 21.8. The average molecular weight is 270 g/mol. The molecule has 1 aromatic rings. The molecule has 2 unspecified atom stereocenters. The first kappa shape index (κ1) is 13.8. The van der Waals surface area contributed by atoms with E-state index in [1.165, 1.54) is 6.07 Å². The number of benzene rings is 1. The summed E-state index contributed by atoms with van der Waals surface area (Å²) in [4.78, 5) is 0. The van der Waals surface area contributed by atoms with Crippen molar-refractivity contribution in [3.05, 3.63) is 35.1 Å². The minimum atomic E-state index is -0.196. The third-order valence-electron chi connectivity index (χ3n) is 3.25. The van der Waals surface area contributed by atoms with Crippen molar-refractivity contribution in [2.24, 2.45) is 5.84 Å². The Morgan fingerprint density at radius 3 is 3.06 bits per heavy atom. The summed E-state index contributed by atoms with van der Waals surface area (Å²) in [6.45, 7) is 2.69. The summed E-state index contributed by atoms with van der Waals surface area (Å²) in [5.74, 6) is 7.42. The molecule has 0 amide bonds. The molecule has 0 bridgehead atoms. The van der Waals surface area contributed by atoms with Crippen molar-refractivity contribution in [3.8, 4) is 0 Å². The fraction of sp³-hybridized carbons (Fsp3) is 0.538. The molecule has 1 aliphatic rings. The minimum Gasteiger partial charge on any atom is -0.375 e. The monoisotopic (exact) mass is 270 g/mol. The SMILES string of the molecule is Cc1cc(F)ccc1CC(NN)C1CSCCO1. The van der Waals surface area contributed by atoms with Crippen molar-refractivity contribution in [1.82, 2.24) is 5.43 Å². The van der Waals surface area contributed by atoms with Crippen LogP contribution in [0.2, 0.25) is 0 Å². The van der Waals surface area contributed by atoms with Crippen molar-refractivity contribution in [3.63, 3.8) is 0 Å². The van der Waals surface area contributed by atoms with E-state index in [4.69, 9.17) is 10.6 Å². The number of hydrogen-bond donors (Lipinski definition) is 2. The lowest BCUT2D eigenvalue weighted by Gasteiger charge is -2.30. The van der Waals surface area contributed by atoms with E-state index in [9.17, 15) is 4.39 Å². The highest BCUT2D eigenvalue weighted by molar-refractivity contribution is 7.99. The Balaban J connectivity index is 2.04. The number of rotatable bonds is 4. The predicted molar refractivity (Wildman–Crippen MR) is 73.0 cm³/mol. The first-order chi connectivity index (χ1) is 8.70. The van der Waals surface area contributed by atoms with Crippen LogP contribution in [-0.2, 0) is 11.2 Å². The number of halogens is 1. The van der Waals surface area contributed by atoms with Crippen LogP contribution in [0.5, 0.6) is 0 Å². The molecule has 0 aliphatic carbocycles. The molecule has 2 rings (SSSR count). The Morgan fingerprint density at radius 1 is 1.61 bits per heavy atom. The van der Waals surface area contributed by atoms with Crippen molar-refractivity contribution in [2.75, 3.05) is 18.1 Å². The van der Waals surface area contributed by atoms with Crippen LogP contribution in [0.1, 0.15) is 11.1 Å². The third kappa shape index (κ3) is 3.45. The van der Waals surface area contributed by atoms with Gasteiger partial charge in [0.2, 0.25) is 0 Å². The Kier molecular flexibility index (Phi) is 5.00. The van der Waals surface area contributed by atoms with Crippen LogP contribution in [0.25, 0.3) is 0 Å². The molecule has 0 radical (unpaired) electrons. The molecule has 18 heavy (non-hydrogen) atoms. The zero-order valence-electron chi connectivity index (χ0n) is 10.5. The Bertz CT molecular complexity index is 397. The predicted octanol–water partition coefficient (Wildman–Crippen LogP) is 1.64. The molecule has 2 atom stereocenters. The number of nitrogens with two attached hydrogens (primary N) is 1. The molecule has 1 fully saturated rings. The molecular weight excluding hydrogens is 251 g/mol. The number of hydrazine groups is 1. The van der Waals surface area contributed by atoms with Crippen LogP contribution >= 0.6 is 11.8 Å². The average Bonchev–Trinajstić information content (AvgIpc) is 2.39. The van der Waals surface area contributed by atoms with E-state index in [1.54, 1.807) is 6.07 Å². The summed E-state index contributed by atoms with van der Waals surface area (Å²) < 4.78 is 18.8. The molecule has 5 heteroatoms. The molecule has 1 heterocycles. The second kappa shape index (κ2) is 6.52. The Morgan fingerprint density at radius 2 is 2.44 bits per heavy atom. The van der Waals surface area contributed by atoms with Crippen LogP contribution in [0.15, 0.2) is 18.2 Å². The van der Waals surface area contributed by atoms with Crippen LogP contribution in [0, 0.1) is 12.7 Å². The highest BCUT2D eigenvalue weighted by Crippen LogP contribution is 2.19. The molecular formula is C13H19FN2OS. The number of aryl methyl sites for hydroxylation is 1. The van der Waals surface area contributed by atoms with Gasteiger partial charge in [-0.1, -0.05) is 6.07 Å². The fourth-order valence-corrected chi connectivity index (χ4v) is 3.10. The molecule has 0 aromatic heterocycles. The van der Waals surface area contributed by atoms with E-state index in [2.05, 4.69) is 5.43 Å². The molecule has 1 saturated heterocycles. The zero-order chi connectivity index (χ0) is 13.0. The second-order valence-corrected chi connectivity index (χ2v) is 5.68. The van der Waals surface area contributed by atoms with Gasteiger partial charge in [0.15, 0.2) is 0 Å². The Hall–Kier alpha value is -0.620. The highest BCUT2D eigenvalue weighted by atomic mass is 32.2. The van der Waals surface area contributed by atoms with Crippen molar-refractivity contribution in [2.45, 2.75) is 25.5 Å². The van der Waals surface area contributed by atoms with Crippen LogP contribution in [-0.4, -0.2) is 30.3 Å². The molecule has 1 aromatic carbocycles. The summed E-state index contributed by atoms with van der Waals surface area (Å²) in [7, 11) is 0. The van der Waals surface area contributed by atoms with Crippen LogP contribution in [0.3, 0.4) is 0 Å². The van der Waals surface area contributed by atoms with Crippen LogP contribution in [0.4, 0.5) is 4.39 Å². The van der Waals surface area contributed by atoms with Gasteiger partial charge in [-0.05, 0) is 36.6 Å². The number of hydrogen-bond acceptors (Lipinski definition) is 4. The lowest BCUT2D eigenvalue weighted by molar-refractivity contribution is 0.0471. The van der Waals surface area contributed by atoms with E-state index in [0.717, 1.165) is 35.7 Å². The Labute approximate surface area is 111 Å². The van der Waals surface area contributed by atoms with E-state index in [1.807, 2.05) is 24.8 Å². The topological polar surface area (TPSA) is 47.3 Å². The first-order valence-electron chi connectivity index (χ1n) is 6.11. The van der Waals surface area contributed by atoms with Gasteiger partial charge in [0.05, 0.1) is 18.8 Å². The lowest BCUT2D eigenvalue weighted by Crippen LogP contribution is -2.49. The standard InChI is InChI=1S/C13H19FN2OS/c1-9-6-11(14)3-2-10(9)7-12(16-15)13-8-18-5-4-17-13/h2-3,6,12-13,16H,4-5,7-8,15H2,1H3. The summed E-state index contributed by atoms with van der Waals surface area (Å²) in [6, 6.07) is 4.94. The van der Waals surface area contributed by atoms with Crippen molar-refractivity contribution >= 4 is 11.8 Å². The van der Waals surface area contributed by atoms with Gasteiger partial charge in [-0.2, -0.15) is 11.8 Å². The maximum atomic E-state index is 13.1. The first-order valence-corrected chi connectivity index (χ1v) is 7.26. The quantitative estimate of drug-likeness (QED) is 0.645. The summed E-state index contributed by atoms with van der Waals surface area (Å²) in [5, 5.41) is 0. The lowest BCUT2D eigenvalue weighted by atomic mass is 9.98. The fourth-order valence-electron chi connectivity index (χ4n) is 2.16. The minimum absolute atomic E-state index is 0.0713. The number of nitrogens with one attached hydrogen (secondary N) is 1. The largest absolute Gasteiger partial charge is 0.375 e. The summed E-state index contributed by atoms with van der Waals surface area (Å²) in [6.07, 6.45) is 0.881. The second-order valence-electron chi connectivity index (χ2n) is 4.53. The van der Waals surface area contributed by atoms with E-state index in [0.29, 0.717) is 0 Å².